The SMILES string of the molecule is COC(=O)c1ccc(Cl)c(N=Cc2cccc(Br)c2)c1. The van der Waals surface area contributed by atoms with Crippen molar-refractivity contribution in [2.45, 2.75) is 0 Å². The second-order valence-corrected chi connectivity index (χ2v) is 5.29. The molecule has 0 bridgehead atoms. The summed E-state index contributed by atoms with van der Waals surface area (Å²) in [7, 11) is 1.33. The lowest BCUT2D eigenvalue weighted by Crippen LogP contribution is -2.00. The first-order valence-electron chi connectivity index (χ1n) is 5.77. The van der Waals surface area contributed by atoms with Crippen LogP contribution in [0.25, 0.3) is 0 Å². The number of esters is 1. The number of aliphatic imine (C=N–C) groups is 1. The Morgan fingerprint density at radius 1 is 1.30 bits per heavy atom. The Bertz CT molecular complexity index is 671. The van der Waals surface area contributed by atoms with Crippen LogP contribution in [0, 0.1) is 0 Å². The largest absolute Gasteiger partial charge is 0.465 e. The number of rotatable bonds is 3. The number of methoxy groups -OCH3 is 1. The minimum absolute atomic E-state index is 0.415. The molecule has 2 rings (SSSR count). The van der Waals surface area contributed by atoms with Crippen LogP contribution in [-0.4, -0.2) is 19.3 Å². The lowest BCUT2D eigenvalue weighted by molar-refractivity contribution is 0.0601. The Morgan fingerprint density at radius 3 is 2.80 bits per heavy atom. The van der Waals surface area contributed by atoms with Crippen LogP contribution in [0.3, 0.4) is 0 Å². The van der Waals surface area contributed by atoms with E-state index in [9.17, 15) is 4.79 Å². The summed E-state index contributed by atoms with van der Waals surface area (Å²) in [4.78, 5) is 15.8. The van der Waals surface area contributed by atoms with Crippen molar-refractivity contribution in [3.63, 3.8) is 0 Å². The van der Waals surface area contributed by atoms with Crippen LogP contribution < -0.4 is 0 Å². The van der Waals surface area contributed by atoms with Gasteiger partial charge in [-0.15, -0.1) is 0 Å². The van der Waals surface area contributed by atoms with E-state index in [2.05, 4.69) is 25.7 Å². The zero-order valence-corrected chi connectivity index (χ0v) is 13.0. The number of benzene rings is 2. The zero-order valence-electron chi connectivity index (χ0n) is 10.6. The van der Waals surface area contributed by atoms with Crippen LogP contribution >= 0.6 is 27.5 Å². The van der Waals surface area contributed by atoms with Crippen LogP contribution in [0.4, 0.5) is 5.69 Å². The fourth-order valence-corrected chi connectivity index (χ4v) is 2.17. The van der Waals surface area contributed by atoms with Gasteiger partial charge in [-0.3, -0.25) is 4.99 Å². The number of nitrogens with zero attached hydrogens (tertiary/aromatic N) is 1. The molecule has 5 heteroatoms. The van der Waals surface area contributed by atoms with Crippen molar-refractivity contribution < 1.29 is 9.53 Å². The number of halogens is 2. The first-order valence-corrected chi connectivity index (χ1v) is 6.95. The Balaban J connectivity index is 2.30. The summed E-state index contributed by atoms with van der Waals surface area (Å²) >= 11 is 9.46. The van der Waals surface area contributed by atoms with Crippen LogP contribution in [0.5, 0.6) is 0 Å². The van der Waals surface area contributed by atoms with Crippen LogP contribution in [0.15, 0.2) is 51.9 Å². The van der Waals surface area contributed by atoms with Gasteiger partial charge in [0.05, 0.1) is 23.4 Å². The van der Waals surface area contributed by atoms with Crippen molar-refractivity contribution in [1.29, 1.82) is 0 Å². The highest BCUT2D eigenvalue weighted by molar-refractivity contribution is 9.10. The predicted octanol–water partition coefficient (Wildman–Crippen LogP) is 4.64. The third kappa shape index (κ3) is 3.68. The molecule has 0 aliphatic rings. The third-order valence-electron chi connectivity index (χ3n) is 2.57. The minimum atomic E-state index is -0.416. The fourth-order valence-electron chi connectivity index (χ4n) is 1.59. The standard InChI is InChI=1S/C15H11BrClNO2/c1-20-15(19)11-5-6-13(17)14(8-11)18-9-10-3-2-4-12(16)7-10/h2-9H,1H3. The lowest BCUT2D eigenvalue weighted by atomic mass is 10.2. The molecule has 0 aliphatic carbocycles. The molecule has 0 radical (unpaired) electrons. The molecular weight excluding hydrogens is 342 g/mol. The number of ether oxygens (including phenoxy) is 1. The molecule has 0 saturated heterocycles. The fraction of sp³-hybridized carbons (Fsp3) is 0.0667. The van der Waals surface area contributed by atoms with Crippen LogP contribution in [0.1, 0.15) is 15.9 Å². The summed E-state index contributed by atoms with van der Waals surface area (Å²) in [6.45, 7) is 0. The van der Waals surface area contributed by atoms with Gasteiger partial charge in [0.15, 0.2) is 0 Å². The maximum Gasteiger partial charge on any atom is 0.337 e. The molecular formula is C15H11BrClNO2. The molecule has 0 saturated carbocycles. The van der Waals surface area contributed by atoms with Gasteiger partial charge in [0.2, 0.25) is 0 Å². The van der Waals surface area contributed by atoms with E-state index < -0.39 is 5.97 Å². The first-order chi connectivity index (χ1) is 9.60. The van der Waals surface area contributed by atoms with Gasteiger partial charge in [-0.25, -0.2) is 4.79 Å². The first kappa shape index (κ1) is 14.8. The molecule has 0 fully saturated rings. The molecule has 0 amide bonds. The minimum Gasteiger partial charge on any atom is -0.465 e. The van der Waals surface area contributed by atoms with Crippen molar-refractivity contribution >= 4 is 45.4 Å². The summed E-state index contributed by atoms with van der Waals surface area (Å²) in [6, 6.07) is 12.5. The molecule has 0 heterocycles. The Kier molecular flexibility index (Phi) is 4.93. The topological polar surface area (TPSA) is 38.7 Å². The van der Waals surface area contributed by atoms with Gasteiger partial charge >= 0.3 is 5.97 Å². The predicted molar refractivity (Wildman–Crippen MR) is 84.2 cm³/mol. The molecule has 2 aromatic rings. The van der Waals surface area contributed by atoms with Gasteiger partial charge in [-0.1, -0.05) is 39.7 Å². The molecule has 0 N–H and O–H groups in total. The Labute approximate surface area is 130 Å². The highest BCUT2D eigenvalue weighted by Gasteiger charge is 2.08. The van der Waals surface area contributed by atoms with Gasteiger partial charge in [0.1, 0.15) is 0 Å². The van der Waals surface area contributed by atoms with Crippen molar-refractivity contribution in [3.05, 3.63) is 63.1 Å². The van der Waals surface area contributed by atoms with E-state index in [-0.39, 0.29) is 0 Å². The molecule has 20 heavy (non-hydrogen) atoms. The molecule has 2 aromatic carbocycles. The van der Waals surface area contributed by atoms with Crippen molar-refractivity contribution in [2.24, 2.45) is 4.99 Å². The average molecular weight is 353 g/mol. The van der Waals surface area contributed by atoms with E-state index in [0.717, 1.165) is 10.0 Å². The quantitative estimate of drug-likeness (QED) is 0.596. The highest BCUT2D eigenvalue weighted by Crippen LogP contribution is 2.26. The molecule has 3 nitrogen and oxygen atoms in total. The molecule has 0 atom stereocenters. The summed E-state index contributed by atoms with van der Waals surface area (Å²) in [5.74, 6) is -0.416. The van der Waals surface area contributed by atoms with E-state index in [1.807, 2.05) is 24.3 Å². The van der Waals surface area contributed by atoms with Crippen molar-refractivity contribution in [1.82, 2.24) is 0 Å². The molecule has 0 spiro atoms. The second-order valence-electron chi connectivity index (χ2n) is 3.97. The Hall–Kier alpha value is -1.65. The number of hydrogen-bond donors (Lipinski definition) is 0. The third-order valence-corrected chi connectivity index (χ3v) is 3.38. The van der Waals surface area contributed by atoms with E-state index in [1.54, 1.807) is 24.4 Å². The van der Waals surface area contributed by atoms with E-state index >= 15 is 0 Å². The molecule has 102 valence electrons. The molecule has 0 aromatic heterocycles. The number of carbonyl (C=O) groups is 1. The van der Waals surface area contributed by atoms with E-state index in [1.165, 1.54) is 7.11 Å². The van der Waals surface area contributed by atoms with Gasteiger partial charge in [-0.05, 0) is 35.9 Å². The van der Waals surface area contributed by atoms with Crippen molar-refractivity contribution in [3.8, 4) is 0 Å². The van der Waals surface area contributed by atoms with Crippen molar-refractivity contribution in [2.75, 3.05) is 7.11 Å². The monoisotopic (exact) mass is 351 g/mol. The smallest absolute Gasteiger partial charge is 0.337 e. The summed E-state index contributed by atoms with van der Waals surface area (Å²) < 4.78 is 5.64. The highest BCUT2D eigenvalue weighted by atomic mass is 79.9. The molecule has 0 aliphatic heterocycles. The summed E-state index contributed by atoms with van der Waals surface area (Å²) in [5, 5.41) is 0.476. The normalized spacial score (nSPS) is 10.8. The maximum atomic E-state index is 11.5. The van der Waals surface area contributed by atoms with E-state index in [0.29, 0.717) is 16.3 Å². The second kappa shape index (κ2) is 6.68. The lowest BCUT2D eigenvalue weighted by Gasteiger charge is -2.02. The summed E-state index contributed by atoms with van der Waals surface area (Å²) in [6.07, 6.45) is 1.69. The number of carbonyl (C=O) groups excluding carboxylic acids is 1. The van der Waals surface area contributed by atoms with E-state index in [4.69, 9.17) is 11.6 Å². The maximum absolute atomic E-state index is 11.5. The summed E-state index contributed by atoms with van der Waals surface area (Å²) in [5.41, 5.74) is 1.87. The average Bonchev–Trinajstić information content (AvgIpc) is 2.45. The van der Waals surface area contributed by atoms with Gasteiger partial charge in [0.25, 0.3) is 0 Å². The van der Waals surface area contributed by atoms with Gasteiger partial charge in [-0.2, -0.15) is 0 Å². The van der Waals surface area contributed by atoms with Gasteiger partial charge in [0, 0.05) is 10.7 Å². The van der Waals surface area contributed by atoms with Crippen LogP contribution in [0.2, 0.25) is 5.02 Å². The molecule has 0 unspecified atom stereocenters. The Morgan fingerprint density at radius 2 is 2.10 bits per heavy atom. The van der Waals surface area contributed by atoms with Gasteiger partial charge < -0.3 is 4.74 Å². The van der Waals surface area contributed by atoms with Crippen LogP contribution in [-0.2, 0) is 4.74 Å². The number of hydrogen-bond acceptors (Lipinski definition) is 3. The zero-order chi connectivity index (χ0) is 14.5.